The summed E-state index contributed by atoms with van der Waals surface area (Å²) < 4.78 is 5.43. The Bertz CT molecular complexity index is 580. The normalized spacial score (nSPS) is 12.5. The quantitative estimate of drug-likeness (QED) is 0.906. The Kier molecular flexibility index (Phi) is 4.50. The summed E-state index contributed by atoms with van der Waals surface area (Å²) in [4.78, 5) is 1.19. The fourth-order valence-electron chi connectivity index (χ4n) is 2.23. The lowest BCUT2D eigenvalue weighted by molar-refractivity contribution is 0.408. The lowest BCUT2D eigenvalue weighted by Gasteiger charge is -2.20. The summed E-state index contributed by atoms with van der Waals surface area (Å²) in [7, 11) is 3.67. The molecule has 2 aromatic rings. The first kappa shape index (κ1) is 14.4. The second-order valence-corrected chi connectivity index (χ2v) is 5.89. The van der Waals surface area contributed by atoms with Crippen molar-refractivity contribution in [2.24, 2.45) is 0 Å². The van der Waals surface area contributed by atoms with Gasteiger partial charge >= 0.3 is 0 Å². The van der Waals surface area contributed by atoms with Crippen molar-refractivity contribution in [3.05, 3.63) is 50.2 Å². The molecule has 2 rings (SSSR count). The van der Waals surface area contributed by atoms with Gasteiger partial charge < -0.3 is 10.1 Å². The second kappa shape index (κ2) is 5.95. The number of ether oxygens (including phenoxy) is 1. The molecule has 19 heavy (non-hydrogen) atoms. The van der Waals surface area contributed by atoms with Crippen LogP contribution in [0.1, 0.15) is 27.6 Å². The van der Waals surface area contributed by atoms with Gasteiger partial charge in [-0.25, -0.2) is 0 Å². The average molecular weight is 296 g/mol. The Balaban J connectivity index is 2.51. The Morgan fingerprint density at radius 3 is 2.63 bits per heavy atom. The van der Waals surface area contributed by atoms with Crippen LogP contribution in [-0.2, 0) is 0 Å². The number of methoxy groups -OCH3 is 1. The van der Waals surface area contributed by atoms with E-state index in [1.165, 1.54) is 16.0 Å². The molecule has 2 nitrogen and oxygen atoms in total. The maximum absolute atomic E-state index is 6.17. The number of halogens is 1. The summed E-state index contributed by atoms with van der Waals surface area (Å²) >= 11 is 7.87. The summed E-state index contributed by atoms with van der Waals surface area (Å²) in [6.45, 7) is 4.12. The van der Waals surface area contributed by atoms with Crippen molar-refractivity contribution < 1.29 is 4.74 Å². The summed E-state index contributed by atoms with van der Waals surface area (Å²) in [5, 5.41) is 6.24. The molecule has 4 heteroatoms. The van der Waals surface area contributed by atoms with Crippen molar-refractivity contribution in [2.45, 2.75) is 19.9 Å². The van der Waals surface area contributed by atoms with Crippen molar-refractivity contribution in [3.8, 4) is 5.75 Å². The van der Waals surface area contributed by atoms with Crippen LogP contribution in [-0.4, -0.2) is 14.2 Å². The molecule has 0 saturated heterocycles. The standard InChI is InChI=1S/C15H18ClNOS/c1-9-8-12(16)10(2)7-11(9)14(17-3)15-13(18-4)5-6-19-15/h5-8,14,17H,1-4H3. The topological polar surface area (TPSA) is 21.3 Å². The van der Waals surface area contributed by atoms with Gasteiger partial charge in [-0.2, -0.15) is 0 Å². The van der Waals surface area contributed by atoms with E-state index in [1.54, 1.807) is 18.4 Å². The van der Waals surface area contributed by atoms with Crippen LogP contribution in [0.25, 0.3) is 0 Å². The molecule has 0 bridgehead atoms. The van der Waals surface area contributed by atoms with Crippen molar-refractivity contribution >= 4 is 22.9 Å². The van der Waals surface area contributed by atoms with Crippen LogP contribution in [0.3, 0.4) is 0 Å². The lowest BCUT2D eigenvalue weighted by Crippen LogP contribution is -2.18. The first-order chi connectivity index (χ1) is 9.08. The van der Waals surface area contributed by atoms with Crippen LogP contribution in [0.15, 0.2) is 23.6 Å². The SMILES string of the molecule is CNC(c1cc(C)c(Cl)cc1C)c1sccc1OC. The van der Waals surface area contributed by atoms with Crippen LogP contribution >= 0.6 is 22.9 Å². The van der Waals surface area contributed by atoms with Gasteiger partial charge in [-0.05, 0) is 55.1 Å². The predicted molar refractivity (Wildman–Crippen MR) is 82.7 cm³/mol. The number of aryl methyl sites for hydroxylation is 2. The van der Waals surface area contributed by atoms with Crippen LogP contribution in [0.5, 0.6) is 5.75 Å². The molecule has 0 fully saturated rings. The fraction of sp³-hybridized carbons (Fsp3) is 0.333. The lowest BCUT2D eigenvalue weighted by atomic mass is 9.97. The zero-order valence-electron chi connectivity index (χ0n) is 11.6. The van der Waals surface area contributed by atoms with Gasteiger partial charge in [0.25, 0.3) is 0 Å². The van der Waals surface area contributed by atoms with E-state index in [2.05, 4.69) is 23.7 Å². The molecule has 0 aliphatic heterocycles. The third kappa shape index (κ3) is 2.78. The average Bonchev–Trinajstić information content (AvgIpc) is 2.84. The van der Waals surface area contributed by atoms with Gasteiger partial charge in [0, 0.05) is 5.02 Å². The van der Waals surface area contributed by atoms with E-state index in [4.69, 9.17) is 16.3 Å². The van der Waals surface area contributed by atoms with Gasteiger partial charge in [0.1, 0.15) is 5.75 Å². The molecule has 1 N–H and O–H groups in total. The third-order valence-corrected chi connectivity index (χ3v) is 4.66. The molecule has 1 unspecified atom stereocenters. The molecule has 0 saturated carbocycles. The first-order valence-electron chi connectivity index (χ1n) is 6.13. The van der Waals surface area contributed by atoms with E-state index in [0.717, 1.165) is 16.3 Å². The van der Waals surface area contributed by atoms with Crippen LogP contribution < -0.4 is 10.1 Å². The maximum Gasteiger partial charge on any atom is 0.134 e. The van der Waals surface area contributed by atoms with E-state index < -0.39 is 0 Å². The van der Waals surface area contributed by atoms with Gasteiger partial charge in [-0.3, -0.25) is 0 Å². The van der Waals surface area contributed by atoms with E-state index in [1.807, 2.05) is 26.1 Å². The number of benzene rings is 1. The Morgan fingerprint density at radius 2 is 2.00 bits per heavy atom. The van der Waals surface area contributed by atoms with Crippen LogP contribution in [0.2, 0.25) is 5.02 Å². The highest BCUT2D eigenvalue weighted by atomic mass is 35.5. The number of hydrogen-bond acceptors (Lipinski definition) is 3. The van der Waals surface area contributed by atoms with Crippen LogP contribution in [0.4, 0.5) is 0 Å². The molecule has 0 radical (unpaired) electrons. The molecule has 1 aromatic heterocycles. The molecule has 1 atom stereocenters. The minimum absolute atomic E-state index is 0.130. The summed E-state index contributed by atoms with van der Waals surface area (Å²) in [5.41, 5.74) is 3.52. The Morgan fingerprint density at radius 1 is 1.26 bits per heavy atom. The van der Waals surface area contributed by atoms with E-state index in [0.29, 0.717) is 0 Å². The summed E-state index contributed by atoms with van der Waals surface area (Å²) in [6.07, 6.45) is 0. The zero-order valence-corrected chi connectivity index (χ0v) is 13.2. The highest BCUT2D eigenvalue weighted by Gasteiger charge is 2.20. The minimum Gasteiger partial charge on any atom is -0.496 e. The molecule has 102 valence electrons. The number of nitrogens with one attached hydrogen (secondary N) is 1. The zero-order chi connectivity index (χ0) is 14.0. The number of hydrogen-bond donors (Lipinski definition) is 1. The highest BCUT2D eigenvalue weighted by molar-refractivity contribution is 7.10. The molecule has 0 amide bonds. The summed E-state index contributed by atoms with van der Waals surface area (Å²) in [5.74, 6) is 0.927. The van der Waals surface area contributed by atoms with E-state index in [-0.39, 0.29) is 6.04 Å². The van der Waals surface area contributed by atoms with Crippen LogP contribution in [0, 0.1) is 13.8 Å². The summed E-state index contributed by atoms with van der Waals surface area (Å²) in [6, 6.07) is 6.31. The smallest absolute Gasteiger partial charge is 0.134 e. The number of thiophene rings is 1. The van der Waals surface area contributed by atoms with Gasteiger partial charge in [0.15, 0.2) is 0 Å². The highest BCUT2D eigenvalue weighted by Crippen LogP contribution is 2.36. The van der Waals surface area contributed by atoms with E-state index in [9.17, 15) is 0 Å². The molecular formula is C15H18ClNOS. The van der Waals surface area contributed by atoms with Gasteiger partial charge in [-0.1, -0.05) is 17.7 Å². The van der Waals surface area contributed by atoms with Gasteiger partial charge in [0.05, 0.1) is 18.0 Å². The third-order valence-electron chi connectivity index (χ3n) is 3.29. The molecule has 0 aliphatic carbocycles. The molecular weight excluding hydrogens is 278 g/mol. The molecule has 0 spiro atoms. The molecule has 1 aromatic carbocycles. The largest absolute Gasteiger partial charge is 0.496 e. The van der Waals surface area contributed by atoms with Crippen molar-refractivity contribution in [3.63, 3.8) is 0 Å². The maximum atomic E-state index is 6.17. The van der Waals surface area contributed by atoms with Crippen molar-refractivity contribution in [2.75, 3.05) is 14.2 Å². The Labute approximate surface area is 123 Å². The second-order valence-electron chi connectivity index (χ2n) is 4.53. The van der Waals surface area contributed by atoms with Gasteiger partial charge in [-0.15, -0.1) is 11.3 Å². The van der Waals surface area contributed by atoms with Gasteiger partial charge in [0.2, 0.25) is 0 Å². The minimum atomic E-state index is 0.130. The number of rotatable bonds is 4. The fourth-order valence-corrected chi connectivity index (χ4v) is 3.44. The Hall–Kier alpha value is -1.03. The predicted octanol–water partition coefficient (Wildman–Crippen LogP) is 4.34. The van der Waals surface area contributed by atoms with E-state index >= 15 is 0 Å². The molecule has 0 aliphatic rings. The van der Waals surface area contributed by atoms with Crippen molar-refractivity contribution in [1.29, 1.82) is 0 Å². The first-order valence-corrected chi connectivity index (χ1v) is 7.39. The molecule has 1 heterocycles. The monoisotopic (exact) mass is 295 g/mol. The van der Waals surface area contributed by atoms with Crippen molar-refractivity contribution in [1.82, 2.24) is 5.32 Å².